The molecule has 1 N–H and O–H groups in total. The first kappa shape index (κ1) is 22.2. The summed E-state index contributed by atoms with van der Waals surface area (Å²) in [5.74, 6) is 0. The van der Waals surface area contributed by atoms with Gasteiger partial charge in [-0.25, -0.2) is 0 Å². The van der Waals surface area contributed by atoms with E-state index in [1.54, 1.807) is 27.7 Å². The van der Waals surface area contributed by atoms with Crippen molar-refractivity contribution in [3.63, 3.8) is 0 Å². The minimum absolute atomic E-state index is 0.545. The van der Waals surface area contributed by atoms with Gasteiger partial charge in [-0.2, -0.15) is 0 Å². The SMILES string of the molecule is C=COB(OCCCCC=CCCCC)OC(C)(C)C(C)(C)O. The van der Waals surface area contributed by atoms with Crippen LogP contribution in [0.2, 0.25) is 0 Å². The first-order valence-corrected chi connectivity index (χ1v) is 8.67. The smallest absolute Gasteiger partial charge is 0.519 e. The molecule has 0 radical (unpaired) electrons. The Labute approximate surface area is 143 Å². The van der Waals surface area contributed by atoms with Crippen molar-refractivity contribution in [1.29, 1.82) is 0 Å². The summed E-state index contributed by atoms with van der Waals surface area (Å²) in [5, 5.41) is 10.1. The number of unbranched alkanes of at least 4 members (excludes halogenated alkanes) is 4. The zero-order valence-electron chi connectivity index (χ0n) is 15.6. The molecule has 0 bridgehead atoms. The van der Waals surface area contributed by atoms with Crippen molar-refractivity contribution in [2.45, 2.75) is 84.3 Å². The normalized spacial score (nSPS) is 12.6. The van der Waals surface area contributed by atoms with Crippen LogP contribution < -0.4 is 0 Å². The van der Waals surface area contributed by atoms with Crippen molar-refractivity contribution in [2.75, 3.05) is 6.61 Å². The molecule has 5 heteroatoms. The van der Waals surface area contributed by atoms with E-state index in [1.807, 2.05) is 0 Å². The molecule has 0 aliphatic carbocycles. The molecule has 0 saturated carbocycles. The van der Waals surface area contributed by atoms with E-state index < -0.39 is 18.5 Å². The maximum Gasteiger partial charge on any atom is 0.713 e. The second-order valence-electron chi connectivity index (χ2n) is 6.76. The van der Waals surface area contributed by atoms with Gasteiger partial charge in [0.25, 0.3) is 0 Å². The van der Waals surface area contributed by atoms with E-state index in [2.05, 4.69) is 25.7 Å². The van der Waals surface area contributed by atoms with E-state index in [9.17, 15) is 5.11 Å². The van der Waals surface area contributed by atoms with Crippen LogP contribution in [0.15, 0.2) is 25.0 Å². The van der Waals surface area contributed by atoms with Crippen molar-refractivity contribution in [1.82, 2.24) is 0 Å². The fourth-order valence-electron chi connectivity index (χ4n) is 1.67. The molecule has 134 valence electrons. The van der Waals surface area contributed by atoms with Crippen molar-refractivity contribution in [3.8, 4) is 0 Å². The Morgan fingerprint density at radius 3 is 2.17 bits per heavy atom. The maximum absolute atomic E-state index is 10.1. The molecule has 0 aromatic heterocycles. The highest BCUT2D eigenvalue weighted by Gasteiger charge is 2.41. The molecule has 0 saturated heterocycles. The highest BCUT2D eigenvalue weighted by molar-refractivity contribution is 6.36. The molecule has 0 aliphatic rings. The van der Waals surface area contributed by atoms with Gasteiger partial charge in [0.1, 0.15) is 0 Å². The zero-order valence-corrected chi connectivity index (χ0v) is 15.6. The molecule has 0 unspecified atom stereocenters. The van der Waals surface area contributed by atoms with Gasteiger partial charge in [-0.15, -0.1) is 0 Å². The monoisotopic (exact) mass is 326 g/mol. The standard InChI is InChI=1S/C18H35BO4/c1-7-9-10-11-12-13-14-15-16-22-19(21-8-2)23-18(5,6)17(3,4)20/h8,11-12,20H,2,7,9-10,13-16H2,1,3-6H3. The third-order valence-corrected chi connectivity index (χ3v) is 3.98. The van der Waals surface area contributed by atoms with E-state index >= 15 is 0 Å². The fourth-order valence-corrected chi connectivity index (χ4v) is 1.67. The van der Waals surface area contributed by atoms with Gasteiger partial charge >= 0.3 is 7.32 Å². The summed E-state index contributed by atoms with van der Waals surface area (Å²) >= 11 is 0. The summed E-state index contributed by atoms with van der Waals surface area (Å²) in [5.41, 5.74) is -1.81. The summed E-state index contributed by atoms with van der Waals surface area (Å²) in [4.78, 5) is 0. The second-order valence-corrected chi connectivity index (χ2v) is 6.76. The predicted octanol–water partition coefficient (Wildman–Crippen LogP) is 4.63. The Morgan fingerprint density at radius 1 is 1.04 bits per heavy atom. The van der Waals surface area contributed by atoms with Crippen LogP contribution in [0.4, 0.5) is 0 Å². The van der Waals surface area contributed by atoms with Crippen LogP contribution in [0.3, 0.4) is 0 Å². The van der Waals surface area contributed by atoms with Crippen molar-refractivity contribution < 1.29 is 19.1 Å². The van der Waals surface area contributed by atoms with Crippen molar-refractivity contribution in [2.24, 2.45) is 0 Å². The van der Waals surface area contributed by atoms with Crippen LogP contribution in [0.1, 0.15) is 73.1 Å². The summed E-state index contributed by atoms with van der Waals surface area (Å²) < 4.78 is 16.6. The van der Waals surface area contributed by atoms with Gasteiger partial charge in [0, 0.05) is 6.61 Å². The first-order valence-electron chi connectivity index (χ1n) is 8.67. The lowest BCUT2D eigenvalue weighted by Gasteiger charge is -2.38. The van der Waals surface area contributed by atoms with E-state index in [0.717, 1.165) is 19.3 Å². The molecular formula is C18H35BO4. The number of allylic oxidation sites excluding steroid dienone is 2. The Balaban J connectivity index is 4.02. The van der Waals surface area contributed by atoms with Crippen LogP contribution in [0.25, 0.3) is 0 Å². The first-order chi connectivity index (χ1) is 10.7. The van der Waals surface area contributed by atoms with Crippen LogP contribution in [0, 0.1) is 0 Å². The summed E-state index contributed by atoms with van der Waals surface area (Å²) in [6.07, 6.45) is 12.5. The van der Waals surface area contributed by atoms with Crippen molar-refractivity contribution >= 4 is 7.32 Å². The van der Waals surface area contributed by atoms with Gasteiger partial charge in [-0.05, 0) is 53.4 Å². The van der Waals surface area contributed by atoms with E-state index in [4.69, 9.17) is 14.0 Å². The van der Waals surface area contributed by atoms with E-state index in [-0.39, 0.29) is 0 Å². The van der Waals surface area contributed by atoms with Crippen LogP contribution >= 0.6 is 0 Å². The third kappa shape index (κ3) is 10.6. The van der Waals surface area contributed by atoms with Gasteiger partial charge in [0.15, 0.2) is 0 Å². The number of hydrogen-bond acceptors (Lipinski definition) is 4. The zero-order chi connectivity index (χ0) is 17.8. The number of hydrogen-bond donors (Lipinski definition) is 1. The summed E-state index contributed by atoms with van der Waals surface area (Å²) in [7, 11) is -0.853. The molecule has 0 aromatic rings. The highest BCUT2D eigenvalue weighted by Crippen LogP contribution is 2.26. The van der Waals surface area contributed by atoms with E-state index in [0.29, 0.717) is 6.61 Å². The quantitative estimate of drug-likeness (QED) is 0.219. The lowest BCUT2D eigenvalue weighted by atomic mass is 9.88. The Morgan fingerprint density at radius 2 is 1.65 bits per heavy atom. The van der Waals surface area contributed by atoms with Gasteiger partial charge < -0.3 is 19.1 Å². The topological polar surface area (TPSA) is 47.9 Å². The average Bonchev–Trinajstić information content (AvgIpc) is 2.44. The minimum Gasteiger partial charge on any atom is -0.519 e. The Hall–Kier alpha value is -0.775. The van der Waals surface area contributed by atoms with Crippen molar-refractivity contribution in [3.05, 3.63) is 25.0 Å². The van der Waals surface area contributed by atoms with Crippen LogP contribution in [-0.2, 0) is 14.0 Å². The van der Waals surface area contributed by atoms with Crippen LogP contribution in [-0.4, -0.2) is 30.2 Å². The Bertz CT molecular complexity index is 334. The molecule has 0 aromatic carbocycles. The van der Waals surface area contributed by atoms with Gasteiger partial charge in [-0.1, -0.05) is 38.5 Å². The fraction of sp³-hybridized carbons (Fsp3) is 0.778. The molecule has 0 atom stereocenters. The lowest BCUT2D eigenvalue weighted by molar-refractivity contribution is -0.113. The number of aliphatic hydroxyl groups is 1. The Kier molecular flexibility index (Phi) is 11.3. The minimum atomic E-state index is -1.01. The molecule has 0 rings (SSSR count). The molecule has 0 fully saturated rings. The van der Waals surface area contributed by atoms with Gasteiger partial charge in [-0.3, -0.25) is 0 Å². The lowest BCUT2D eigenvalue weighted by Crippen LogP contribution is -2.51. The van der Waals surface area contributed by atoms with Crippen LogP contribution in [0.5, 0.6) is 0 Å². The molecule has 23 heavy (non-hydrogen) atoms. The third-order valence-electron chi connectivity index (χ3n) is 3.98. The summed E-state index contributed by atoms with van der Waals surface area (Å²) in [6.45, 7) is 13.3. The van der Waals surface area contributed by atoms with E-state index in [1.165, 1.54) is 25.5 Å². The molecule has 0 spiro atoms. The molecule has 0 aliphatic heterocycles. The predicted molar refractivity (Wildman–Crippen MR) is 97.0 cm³/mol. The second kappa shape index (κ2) is 11.7. The molecule has 4 nitrogen and oxygen atoms in total. The molecular weight excluding hydrogens is 291 g/mol. The molecule has 0 heterocycles. The average molecular weight is 326 g/mol. The summed E-state index contributed by atoms with van der Waals surface area (Å²) in [6, 6.07) is 0. The van der Waals surface area contributed by atoms with Gasteiger partial charge in [0.05, 0.1) is 17.5 Å². The largest absolute Gasteiger partial charge is 0.713 e. The number of rotatable bonds is 14. The maximum atomic E-state index is 10.1. The highest BCUT2D eigenvalue weighted by atomic mass is 16.7. The molecule has 0 amide bonds. The van der Waals surface area contributed by atoms with Gasteiger partial charge in [0.2, 0.25) is 0 Å².